The summed E-state index contributed by atoms with van der Waals surface area (Å²) in [6.45, 7) is -0.263. The quantitative estimate of drug-likeness (QED) is 0.375. The molecule has 23 heavy (non-hydrogen) atoms. The molecule has 0 aliphatic rings. The van der Waals surface area contributed by atoms with E-state index in [0.717, 1.165) is 6.26 Å². The number of benzene rings is 1. The molecule has 116 valence electrons. The molecule has 1 aromatic heterocycles. The molecular formula is C15H10ClN3O4. The number of hydrogen-bond donors (Lipinski definition) is 1. The minimum absolute atomic E-state index is 0.156. The van der Waals surface area contributed by atoms with Gasteiger partial charge in [0, 0.05) is 11.6 Å². The average molecular weight is 332 g/mol. The second-order valence-corrected chi connectivity index (χ2v) is 4.47. The molecule has 8 heteroatoms. The van der Waals surface area contributed by atoms with Gasteiger partial charge >= 0.3 is 5.97 Å². The first-order valence-corrected chi connectivity index (χ1v) is 6.66. The molecule has 2 rings (SSSR count). The SMILES string of the molecule is N#CCOC=C(C(=O)O)c1ccccc1Oc1cc(Cl)ncn1. The third-order valence-electron chi connectivity index (χ3n) is 2.58. The molecule has 0 aliphatic heterocycles. The third kappa shape index (κ3) is 4.43. The molecule has 0 aliphatic carbocycles. The Morgan fingerprint density at radius 2 is 2.17 bits per heavy atom. The van der Waals surface area contributed by atoms with Crippen molar-refractivity contribution in [3.05, 3.63) is 53.6 Å². The summed E-state index contributed by atoms with van der Waals surface area (Å²) < 4.78 is 10.4. The van der Waals surface area contributed by atoms with Crippen LogP contribution in [0.4, 0.5) is 0 Å². The maximum absolute atomic E-state index is 11.4. The molecule has 0 saturated carbocycles. The molecule has 0 bridgehead atoms. The summed E-state index contributed by atoms with van der Waals surface area (Å²) >= 11 is 5.76. The van der Waals surface area contributed by atoms with Gasteiger partial charge in [-0.2, -0.15) is 5.26 Å². The van der Waals surface area contributed by atoms with Gasteiger partial charge in [0.05, 0.1) is 6.26 Å². The first-order valence-electron chi connectivity index (χ1n) is 6.28. The maximum Gasteiger partial charge on any atom is 0.339 e. The van der Waals surface area contributed by atoms with Crippen LogP contribution in [0.25, 0.3) is 5.57 Å². The Hall–Kier alpha value is -3.11. The third-order valence-corrected chi connectivity index (χ3v) is 2.79. The van der Waals surface area contributed by atoms with Crippen molar-refractivity contribution in [2.24, 2.45) is 0 Å². The highest BCUT2D eigenvalue weighted by Gasteiger charge is 2.17. The van der Waals surface area contributed by atoms with Crippen molar-refractivity contribution < 1.29 is 19.4 Å². The molecule has 1 heterocycles. The Kier molecular flexibility index (Phi) is 5.50. The first-order chi connectivity index (χ1) is 11.1. The van der Waals surface area contributed by atoms with Gasteiger partial charge in [-0.1, -0.05) is 29.8 Å². The van der Waals surface area contributed by atoms with E-state index in [9.17, 15) is 9.90 Å². The van der Waals surface area contributed by atoms with Gasteiger partial charge in [0.15, 0.2) is 6.61 Å². The molecule has 0 spiro atoms. The van der Waals surface area contributed by atoms with E-state index < -0.39 is 5.97 Å². The lowest BCUT2D eigenvalue weighted by molar-refractivity contribution is -0.130. The van der Waals surface area contributed by atoms with Gasteiger partial charge in [-0.15, -0.1) is 0 Å². The molecular weight excluding hydrogens is 322 g/mol. The number of carboxylic acids is 1. The van der Waals surface area contributed by atoms with E-state index in [2.05, 4.69) is 9.97 Å². The zero-order valence-electron chi connectivity index (χ0n) is 11.6. The smallest absolute Gasteiger partial charge is 0.339 e. The number of carbonyl (C=O) groups is 1. The Bertz CT molecular complexity index is 786. The predicted molar refractivity (Wildman–Crippen MR) is 80.7 cm³/mol. The van der Waals surface area contributed by atoms with Crippen LogP contribution in [0, 0.1) is 11.3 Å². The van der Waals surface area contributed by atoms with E-state index in [1.807, 2.05) is 0 Å². The van der Waals surface area contributed by atoms with Crippen molar-refractivity contribution in [1.29, 1.82) is 5.26 Å². The summed E-state index contributed by atoms with van der Waals surface area (Å²) in [6, 6.07) is 9.60. The highest BCUT2D eigenvalue weighted by molar-refractivity contribution is 6.29. The van der Waals surface area contributed by atoms with E-state index in [-0.39, 0.29) is 34.5 Å². The zero-order valence-corrected chi connectivity index (χ0v) is 12.4. The number of para-hydroxylation sites is 1. The second-order valence-electron chi connectivity index (χ2n) is 4.08. The summed E-state index contributed by atoms with van der Waals surface area (Å²) in [7, 11) is 0. The number of hydrogen-bond acceptors (Lipinski definition) is 6. The van der Waals surface area contributed by atoms with Crippen molar-refractivity contribution in [3.63, 3.8) is 0 Å². The van der Waals surface area contributed by atoms with Crippen LogP contribution in [0.2, 0.25) is 5.15 Å². The van der Waals surface area contributed by atoms with Crippen LogP contribution in [0.1, 0.15) is 5.56 Å². The molecule has 0 fully saturated rings. The molecule has 7 nitrogen and oxygen atoms in total. The van der Waals surface area contributed by atoms with E-state index in [4.69, 9.17) is 26.3 Å². The van der Waals surface area contributed by atoms with E-state index >= 15 is 0 Å². The topological polar surface area (TPSA) is 105 Å². The first kappa shape index (κ1) is 16.3. The van der Waals surface area contributed by atoms with Crippen LogP contribution in [-0.4, -0.2) is 27.7 Å². The maximum atomic E-state index is 11.4. The number of aromatic nitrogens is 2. The molecule has 0 radical (unpaired) electrons. The van der Waals surface area contributed by atoms with E-state index in [1.54, 1.807) is 30.3 Å². The van der Waals surface area contributed by atoms with Gasteiger partial charge in [-0.05, 0) is 6.07 Å². The summed E-state index contributed by atoms with van der Waals surface area (Å²) in [5.74, 6) is -0.809. The highest BCUT2D eigenvalue weighted by Crippen LogP contribution is 2.30. The van der Waals surface area contributed by atoms with Crippen molar-refractivity contribution in [1.82, 2.24) is 9.97 Å². The molecule has 1 aromatic carbocycles. The Balaban J connectivity index is 2.37. The Morgan fingerprint density at radius 1 is 1.39 bits per heavy atom. The lowest BCUT2D eigenvalue weighted by atomic mass is 10.1. The van der Waals surface area contributed by atoms with Crippen LogP contribution in [0.3, 0.4) is 0 Å². The molecule has 0 atom stereocenters. The summed E-state index contributed by atoms with van der Waals surface area (Å²) in [5.41, 5.74) is 0.115. The lowest BCUT2D eigenvalue weighted by Gasteiger charge is -2.11. The lowest BCUT2D eigenvalue weighted by Crippen LogP contribution is -2.03. The molecule has 0 unspecified atom stereocenters. The summed E-state index contributed by atoms with van der Waals surface area (Å²) in [6.07, 6.45) is 2.23. The number of nitrogens with zero attached hydrogens (tertiary/aromatic N) is 3. The Labute approximate surface area is 136 Å². The monoisotopic (exact) mass is 331 g/mol. The van der Waals surface area contributed by atoms with Gasteiger partial charge < -0.3 is 14.6 Å². The number of ether oxygens (including phenoxy) is 2. The highest BCUT2D eigenvalue weighted by atomic mass is 35.5. The summed E-state index contributed by atoms with van der Waals surface area (Å²) in [5, 5.41) is 18.0. The van der Waals surface area contributed by atoms with Crippen molar-refractivity contribution in [3.8, 4) is 17.7 Å². The Morgan fingerprint density at radius 3 is 2.87 bits per heavy atom. The van der Waals surface area contributed by atoms with E-state index in [1.165, 1.54) is 12.4 Å². The van der Waals surface area contributed by atoms with Crippen LogP contribution in [0.15, 0.2) is 42.9 Å². The van der Waals surface area contributed by atoms with Crippen molar-refractivity contribution >= 4 is 23.1 Å². The average Bonchev–Trinajstić information content (AvgIpc) is 2.52. The fraction of sp³-hybridized carbons (Fsp3) is 0.0667. The normalized spacial score (nSPS) is 10.7. The fourth-order valence-corrected chi connectivity index (χ4v) is 1.79. The van der Waals surface area contributed by atoms with Gasteiger partial charge in [0.2, 0.25) is 5.88 Å². The van der Waals surface area contributed by atoms with Gasteiger partial charge in [-0.3, -0.25) is 0 Å². The van der Waals surface area contributed by atoms with Gasteiger partial charge in [0.1, 0.15) is 28.9 Å². The minimum Gasteiger partial charge on any atom is -0.485 e. The van der Waals surface area contributed by atoms with Crippen LogP contribution < -0.4 is 4.74 Å². The van der Waals surface area contributed by atoms with Crippen molar-refractivity contribution in [2.75, 3.05) is 6.61 Å². The molecule has 2 aromatic rings. The number of carboxylic acid groups (broad SMARTS) is 1. The second kappa shape index (κ2) is 7.77. The molecule has 0 saturated heterocycles. The predicted octanol–water partition coefficient (Wildman–Crippen LogP) is 2.89. The minimum atomic E-state index is -1.22. The zero-order chi connectivity index (χ0) is 16.7. The number of rotatable bonds is 6. The van der Waals surface area contributed by atoms with Crippen LogP contribution >= 0.6 is 11.6 Å². The van der Waals surface area contributed by atoms with E-state index in [0.29, 0.717) is 0 Å². The van der Waals surface area contributed by atoms with Crippen LogP contribution in [-0.2, 0) is 9.53 Å². The summed E-state index contributed by atoms with van der Waals surface area (Å²) in [4.78, 5) is 19.1. The van der Waals surface area contributed by atoms with Crippen molar-refractivity contribution in [2.45, 2.75) is 0 Å². The fourth-order valence-electron chi connectivity index (χ4n) is 1.66. The standard InChI is InChI=1S/C15H10ClN3O4/c16-13-7-14(19-9-18-13)23-12-4-2-1-3-10(12)11(15(20)21)8-22-6-5-17/h1-4,7-9H,6H2,(H,20,21). The largest absolute Gasteiger partial charge is 0.485 e. The number of halogens is 1. The van der Waals surface area contributed by atoms with Gasteiger partial charge in [0.25, 0.3) is 0 Å². The van der Waals surface area contributed by atoms with Crippen LogP contribution in [0.5, 0.6) is 11.6 Å². The number of nitriles is 1. The van der Waals surface area contributed by atoms with Gasteiger partial charge in [-0.25, -0.2) is 14.8 Å². The number of aliphatic carboxylic acids is 1. The molecule has 1 N–H and O–H groups in total. The molecule has 0 amide bonds.